The monoisotopic (exact) mass is 548 g/mol. The number of aliphatic hydroxyl groups is 1. The van der Waals surface area contributed by atoms with Crippen LogP contribution >= 0.6 is 38.6 Å². The molecule has 0 atom stereocenters. The summed E-state index contributed by atoms with van der Waals surface area (Å²) in [6.07, 6.45) is 2.20. The number of allylic oxidation sites excluding steroid dienone is 2. The molecule has 0 saturated carbocycles. The van der Waals surface area contributed by atoms with Crippen molar-refractivity contribution < 1.29 is 5.11 Å². The summed E-state index contributed by atoms with van der Waals surface area (Å²) >= 11 is 6.29. The van der Waals surface area contributed by atoms with Crippen LogP contribution in [-0.2, 0) is 13.0 Å². The summed E-state index contributed by atoms with van der Waals surface area (Å²) in [5, 5.41) is 21.5. The number of aryl methyl sites for hydroxylation is 1. The number of aliphatic hydroxyl groups excluding tert-OH is 1. The standard InChI is InChI=1S/C25H17BrN4O2S2/c1-2-19-21(14-7-9-15(26)10-8-14)22-24(33-19)28-13-30(25(22)32)12-18(31)16(11-27)23-29-17-5-3-4-6-20(17)34-23/h3-10,13,31H,2,12H2,1H3/b18-16-. The van der Waals surface area contributed by atoms with Crippen molar-refractivity contribution in [3.63, 3.8) is 0 Å². The van der Waals surface area contributed by atoms with Crippen LogP contribution < -0.4 is 5.56 Å². The van der Waals surface area contributed by atoms with E-state index in [4.69, 9.17) is 0 Å². The Morgan fingerprint density at radius 3 is 2.65 bits per heavy atom. The lowest BCUT2D eigenvalue weighted by Crippen LogP contribution is -2.21. The molecule has 0 aliphatic carbocycles. The maximum atomic E-state index is 13.5. The predicted molar refractivity (Wildman–Crippen MR) is 141 cm³/mol. The van der Waals surface area contributed by atoms with Crippen molar-refractivity contribution in [2.24, 2.45) is 0 Å². The Kier molecular flexibility index (Phi) is 6.04. The van der Waals surface area contributed by atoms with E-state index < -0.39 is 0 Å². The van der Waals surface area contributed by atoms with Crippen LogP contribution in [0.4, 0.5) is 0 Å². The Hall–Kier alpha value is -3.32. The molecule has 168 valence electrons. The minimum Gasteiger partial charge on any atom is -0.509 e. The normalized spacial score (nSPS) is 12.1. The molecule has 6 nitrogen and oxygen atoms in total. The van der Waals surface area contributed by atoms with Gasteiger partial charge in [-0.15, -0.1) is 22.7 Å². The van der Waals surface area contributed by atoms with Gasteiger partial charge in [-0.2, -0.15) is 5.26 Å². The molecule has 2 aromatic carbocycles. The topological polar surface area (TPSA) is 91.8 Å². The van der Waals surface area contributed by atoms with Gasteiger partial charge in [0, 0.05) is 14.9 Å². The molecule has 0 amide bonds. The minimum atomic E-state index is -0.257. The molecule has 0 radical (unpaired) electrons. The molecule has 0 fully saturated rings. The zero-order valence-corrected chi connectivity index (χ0v) is 21.2. The molecule has 0 saturated heterocycles. The van der Waals surface area contributed by atoms with Gasteiger partial charge in [0.05, 0.1) is 28.5 Å². The average molecular weight is 549 g/mol. The summed E-state index contributed by atoms with van der Waals surface area (Å²) in [5.74, 6) is -0.221. The Bertz CT molecular complexity index is 1640. The second kappa shape index (κ2) is 9.14. The number of rotatable bonds is 5. The number of halogens is 1. The van der Waals surface area contributed by atoms with Gasteiger partial charge >= 0.3 is 0 Å². The largest absolute Gasteiger partial charge is 0.509 e. The second-order valence-corrected chi connectivity index (χ2v) is 10.6. The molecule has 9 heteroatoms. The van der Waals surface area contributed by atoms with Gasteiger partial charge in [-0.1, -0.05) is 47.1 Å². The highest BCUT2D eigenvalue weighted by atomic mass is 79.9. The maximum absolute atomic E-state index is 13.5. The van der Waals surface area contributed by atoms with E-state index in [1.54, 1.807) is 0 Å². The number of thiazole rings is 1. The summed E-state index contributed by atoms with van der Waals surface area (Å²) in [6.45, 7) is 1.88. The van der Waals surface area contributed by atoms with Crippen LogP contribution in [0.3, 0.4) is 0 Å². The molecule has 34 heavy (non-hydrogen) atoms. The molecule has 0 aliphatic heterocycles. The SMILES string of the molecule is CCc1sc2ncn(C/C(O)=C(\C#N)c3nc4ccccc4s3)c(=O)c2c1-c1ccc(Br)cc1. The van der Waals surface area contributed by atoms with E-state index in [0.29, 0.717) is 15.2 Å². The van der Waals surface area contributed by atoms with Crippen molar-refractivity contribution in [1.29, 1.82) is 5.26 Å². The lowest BCUT2D eigenvalue weighted by atomic mass is 10.0. The zero-order valence-electron chi connectivity index (χ0n) is 17.9. The van der Waals surface area contributed by atoms with E-state index >= 15 is 0 Å². The Balaban J connectivity index is 1.62. The molecule has 0 bridgehead atoms. The van der Waals surface area contributed by atoms with Crippen LogP contribution in [0.2, 0.25) is 0 Å². The van der Waals surface area contributed by atoms with Gasteiger partial charge in [-0.3, -0.25) is 9.36 Å². The van der Waals surface area contributed by atoms with E-state index in [1.165, 1.54) is 33.6 Å². The average Bonchev–Trinajstić information content (AvgIpc) is 3.43. The highest BCUT2D eigenvalue weighted by Gasteiger charge is 2.20. The van der Waals surface area contributed by atoms with E-state index in [1.807, 2.05) is 48.5 Å². The number of hydrogen-bond donors (Lipinski definition) is 1. The lowest BCUT2D eigenvalue weighted by Gasteiger charge is -2.08. The van der Waals surface area contributed by atoms with Crippen molar-refractivity contribution in [3.05, 3.63) is 85.3 Å². The number of nitriles is 1. The molecular formula is C25H17BrN4O2S2. The first-order valence-corrected chi connectivity index (χ1v) is 12.9. The van der Waals surface area contributed by atoms with Crippen molar-refractivity contribution in [2.75, 3.05) is 0 Å². The molecule has 3 heterocycles. The lowest BCUT2D eigenvalue weighted by molar-refractivity contribution is 0.376. The third-order valence-corrected chi connectivity index (χ3v) is 8.26. The molecule has 0 unspecified atom stereocenters. The number of hydrogen-bond acceptors (Lipinski definition) is 7. The van der Waals surface area contributed by atoms with Crippen molar-refractivity contribution >= 4 is 64.6 Å². The van der Waals surface area contributed by atoms with Crippen molar-refractivity contribution in [2.45, 2.75) is 19.9 Å². The van der Waals surface area contributed by atoms with Gasteiger partial charge in [0.2, 0.25) is 0 Å². The van der Waals surface area contributed by atoms with Crippen LogP contribution in [0.25, 0.3) is 37.1 Å². The van der Waals surface area contributed by atoms with Gasteiger partial charge in [0.25, 0.3) is 5.56 Å². The highest BCUT2D eigenvalue weighted by Crippen LogP contribution is 2.37. The fraction of sp³-hybridized carbons (Fsp3) is 0.120. The van der Waals surface area contributed by atoms with Crippen LogP contribution in [0.5, 0.6) is 0 Å². The van der Waals surface area contributed by atoms with Crippen molar-refractivity contribution in [3.8, 4) is 17.2 Å². The van der Waals surface area contributed by atoms with Crippen LogP contribution in [0, 0.1) is 11.3 Å². The first-order valence-electron chi connectivity index (χ1n) is 10.4. The van der Waals surface area contributed by atoms with E-state index in [2.05, 4.69) is 38.9 Å². The molecule has 5 rings (SSSR count). The third-order valence-electron chi connectivity index (χ3n) is 5.43. The maximum Gasteiger partial charge on any atom is 0.263 e. The predicted octanol–water partition coefficient (Wildman–Crippen LogP) is 6.55. The van der Waals surface area contributed by atoms with Gasteiger partial charge in [0.1, 0.15) is 27.2 Å². The summed E-state index contributed by atoms with van der Waals surface area (Å²) < 4.78 is 3.22. The van der Waals surface area contributed by atoms with E-state index in [9.17, 15) is 15.2 Å². The molecule has 5 aromatic rings. The van der Waals surface area contributed by atoms with Gasteiger partial charge < -0.3 is 5.11 Å². The summed E-state index contributed by atoms with van der Waals surface area (Å²) in [4.78, 5) is 24.2. The number of benzene rings is 2. The fourth-order valence-electron chi connectivity index (χ4n) is 3.81. The van der Waals surface area contributed by atoms with E-state index in [0.717, 1.165) is 37.1 Å². The minimum absolute atomic E-state index is 0.0564. The Morgan fingerprint density at radius 1 is 1.18 bits per heavy atom. The Labute approximate surface area is 211 Å². The van der Waals surface area contributed by atoms with E-state index in [-0.39, 0.29) is 23.4 Å². The van der Waals surface area contributed by atoms with Crippen LogP contribution in [-0.4, -0.2) is 19.6 Å². The fourth-order valence-corrected chi connectivity index (χ4v) is 6.15. The first kappa shape index (κ1) is 22.5. The smallest absolute Gasteiger partial charge is 0.263 e. The highest BCUT2D eigenvalue weighted by molar-refractivity contribution is 9.10. The number of para-hydroxylation sites is 1. The number of fused-ring (bicyclic) bond motifs is 2. The molecular weight excluding hydrogens is 532 g/mol. The number of thiophene rings is 1. The van der Waals surface area contributed by atoms with Gasteiger partial charge in [-0.25, -0.2) is 9.97 Å². The van der Waals surface area contributed by atoms with Crippen LogP contribution in [0.15, 0.2) is 69.9 Å². The molecule has 3 aromatic heterocycles. The summed E-state index contributed by atoms with van der Waals surface area (Å²) in [7, 11) is 0. The third kappa shape index (κ3) is 3.94. The summed E-state index contributed by atoms with van der Waals surface area (Å²) in [6, 6.07) is 17.4. The van der Waals surface area contributed by atoms with Crippen LogP contribution in [0.1, 0.15) is 16.8 Å². The van der Waals surface area contributed by atoms with Gasteiger partial charge in [-0.05, 0) is 36.2 Å². The molecule has 0 spiro atoms. The second-order valence-electron chi connectivity index (χ2n) is 7.54. The Morgan fingerprint density at radius 2 is 1.94 bits per heavy atom. The molecule has 1 N–H and O–H groups in total. The van der Waals surface area contributed by atoms with Crippen molar-refractivity contribution in [1.82, 2.24) is 14.5 Å². The quantitative estimate of drug-likeness (QED) is 0.198. The molecule has 0 aliphatic rings. The summed E-state index contributed by atoms with van der Waals surface area (Å²) in [5.41, 5.74) is 2.37. The van der Waals surface area contributed by atoms with Gasteiger partial charge in [0.15, 0.2) is 0 Å². The number of aromatic nitrogens is 3. The zero-order chi connectivity index (χ0) is 23.8. The first-order chi connectivity index (χ1) is 16.5. The number of nitrogens with zero attached hydrogens (tertiary/aromatic N) is 4.